The minimum Gasteiger partial charge on any atom is -0.339 e. The number of halogens is 2. The molecule has 1 aliphatic heterocycles. The lowest BCUT2D eigenvalue weighted by atomic mass is 10.1. The van der Waals surface area contributed by atoms with Gasteiger partial charge in [-0.3, -0.25) is 14.5 Å². The summed E-state index contributed by atoms with van der Waals surface area (Å²) in [5.41, 5.74) is 0.122. The van der Waals surface area contributed by atoms with Gasteiger partial charge in [0.1, 0.15) is 5.82 Å². The molecule has 0 radical (unpaired) electrons. The number of hydrogen-bond donors (Lipinski definition) is 1. The van der Waals surface area contributed by atoms with Crippen molar-refractivity contribution < 1.29 is 14.0 Å². The molecule has 3 rings (SSSR count). The largest absolute Gasteiger partial charge is 0.339 e. The summed E-state index contributed by atoms with van der Waals surface area (Å²) >= 11 is 5.71. The lowest BCUT2D eigenvalue weighted by Gasteiger charge is -2.25. The number of hydrogen-bond acceptors (Lipinski definition) is 3. The number of rotatable bonds is 6. The van der Waals surface area contributed by atoms with Crippen molar-refractivity contribution in [1.29, 1.82) is 0 Å². The van der Waals surface area contributed by atoms with E-state index in [1.54, 1.807) is 0 Å². The van der Waals surface area contributed by atoms with Crippen molar-refractivity contribution >= 4 is 29.1 Å². The fourth-order valence-electron chi connectivity index (χ4n) is 4.03. The summed E-state index contributed by atoms with van der Waals surface area (Å²) in [6.45, 7) is 1.60. The second kappa shape index (κ2) is 8.35. The highest BCUT2D eigenvalue weighted by atomic mass is 35.5. The van der Waals surface area contributed by atoms with Crippen LogP contribution in [0.15, 0.2) is 18.2 Å². The monoisotopic (exact) mass is 381 g/mol. The minimum atomic E-state index is -0.554. The number of nitrogens with zero attached hydrogens (tertiary/aromatic N) is 2. The summed E-state index contributed by atoms with van der Waals surface area (Å²) < 4.78 is 13.8. The average molecular weight is 382 g/mol. The molecule has 5 nitrogen and oxygen atoms in total. The summed E-state index contributed by atoms with van der Waals surface area (Å²) in [6.07, 6.45) is 5.20. The molecule has 1 N–H and O–H groups in total. The Kier molecular flexibility index (Phi) is 6.14. The number of likely N-dealkylation sites (tertiary alicyclic amines) is 1. The van der Waals surface area contributed by atoms with Crippen LogP contribution in [0.2, 0.25) is 5.02 Å². The van der Waals surface area contributed by atoms with Crippen LogP contribution in [0.5, 0.6) is 0 Å². The first kappa shape index (κ1) is 19.1. The van der Waals surface area contributed by atoms with E-state index < -0.39 is 5.82 Å². The van der Waals surface area contributed by atoms with Crippen molar-refractivity contribution in [3.05, 3.63) is 29.0 Å². The standard InChI is InChI=1S/C19H25ClFN3O2/c1-23(12-18(25)22-17-7-6-14(20)9-16(17)21)10-13-8-19(26)24(11-13)15-4-2-3-5-15/h6-7,9,13,15H,2-5,8,10-12H2,1H3,(H,22,25)/t13-/m0/s1. The number of carbonyl (C=O) groups excluding carboxylic acids is 2. The zero-order chi connectivity index (χ0) is 18.7. The molecule has 0 spiro atoms. The smallest absolute Gasteiger partial charge is 0.238 e. The quantitative estimate of drug-likeness (QED) is 0.823. The van der Waals surface area contributed by atoms with Gasteiger partial charge in [0.15, 0.2) is 0 Å². The molecule has 1 aromatic rings. The van der Waals surface area contributed by atoms with Crippen LogP contribution < -0.4 is 5.32 Å². The molecule has 0 aromatic heterocycles. The van der Waals surface area contributed by atoms with E-state index >= 15 is 0 Å². The van der Waals surface area contributed by atoms with Crippen LogP contribution in [-0.2, 0) is 9.59 Å². The van der Waals surface area contributed by atoms with Gasteiger partial charge >= 0.3 is 0 Å². The van der Waals surface area contributed by atoms with E-state index in [2.05, 4.69) is 5.32 Å². The molecule has 1 saturated carbocycles. The highest BCUT2D eigenvalue weighted by molar-refractivity contribution is 6.30. The van der Waals surface area contributed by atoms with Gasteiger partial charge in [0.2, 0.25) is 11.8 Å². The Labute approximate surface area is 158 Å². The van der Waals surface area contributed by atoms with E-state index in [-0.39, 0.29) is 35.0 Å². The Balaban J connectivity index is 1.47. The number of amides is 2. The highest BCUT2D eigenvalue weighted by Gasteiger charge is 2.35. The van der Waals surface area contributed by atoms with Crippen molar-refractivity contribution in [2.45, 2.75) is 38.1 Å². The van der Waals surface area contributed by atoms with Crippen molar-refractivity contribution in [2.24, 2.45) is 5.92 Å². The van der Waals surface area contributed by atoms with Crippen LogP contribution in [0.25, 0.3) is 0 Å². The van der Waals surface area contributed by atoms with Gasteiger partial charge in [0.25, 0.3) is 0 Å². The van der Waals surface area contributed by atoms with Crippen LogP contribution in [0.4, 0.5) is 10.1 Å². The van der Waals surface area contributed by atoms with Crippen LogP contribution in [0.3, 0.4) is 0 Å². The predicted octanol–water partition coefficient (Wildman–Crippen LogP) is 3.14. The van der Waals surface area contributed by atoms with Gasteiger partial charge in [0.05, 0.1) is 12.2 Å². The van der Waals surface area contributed by atoms with Crippen molar-refractivity contribution in [3.8, 4) is 0 Å². The minimum absolute atomic E-state index is 0.122. The molecular formula is C19H25ClFN3O2. The molecule has 1 aliphatic carbocycles. The average Bonchev–Trinajstić information content (AvgIpc) is 3.19. The van der Waals surface area contributed by atoms with Crippen LogP contribution >= 0.6 is 11.6 Å². The van der Waals surface area contributed by atoms with E-state index in [1.165, 1.54) is 31.0 Å². The molecule has 7 heteroatoms. The topological polar surface area (TPSA) is 52.7 Å². The van der Waals surface area contributed by atoms with Crippen molar-refractivity contribution in [1.82, 2.24) is 9.80 Å². The zero-order valence-electron chi connectivity index (χ0n) is 15.0. The first-order valence-electron chi connectivity index (χ1n) is 9.15. The van der Waals surface area contributed by atoms with Gasteiger partial charge in [-0.25, -0.2) is 4.39 Å². The molecule has 142 valence electrons. The van der Waals surface area contributed by atoms with Gasteiger partial charge in [0, 0.05) is 30.6 Å². The summed E-state index contributed by atoms with van der Waals surface area (Å²) in [4.78, 5) is 28.3. The molecule has 0 unspecified atom stereocenters. The fourth-order valence-corrected chi connectivity index (χ4v) is 4.19. The number of benzene rings is 1. The third-order valence-corrected chi connectivity index (χ3v) is 5.43. The Bertz CT molecular complexity index is 679. The van der Waals surface area contributed by atoms with E-state index in [0.29, 0.717) is 19.0 Å². The fraction of sp³-hybridized carbons (Fsp3) is 0.579. The lowest BCUT2D eigenvalue weighted by molar-refractivity contribution is -0.129. The molecule has 1 saturated heterocycles. The molecule has 2 amide bonds. The van der Waals surface area contributed by atoms with Gasteiger partial charge in [-0.15, -0.1) is 0 Å². The first-order valence-corrected chi connectivity index (χ1v) is 9.53. The normalized spacial score (nSPS) is 21.0. The van der Waals surface area contributed by atoms with Crippen LogP contribution in [0.1, 0.15) is 32.1 Å². The van der Waals surface area contributed by atoms with Crippen LogP contribution in [0, 0.1) is 11.7 Å². The maximum Gasteiger partial charge on any atom is 0.238 e. The zero-order valence-corrected chi connectivity index (χ0v) is 15.8. The molecule has 0 bridgehead atoms. The molecule has 2 aliphatic rings. The maximum absolute atomic E-state index is 13.8. The van der Waals surface area contributed by atoms with E-state index in [1.807, 2.05) is 16.8 Å². The third-order valence-electron chi connectivity index (χ3n) is 5.19. The molecule has 1 heterocycles. The van der Waals surface area contributed by atoms with E-state index in [0.717, 1.165) is 19.4 Å². The van der Waals surface area contributed by atoms with E-state index in [9.17, 15) is 14.0 Å². The Morgan fingerprint density at radius 3 is 2.81 bits per heavy atom. The number of anilines is 1. The highest BCUT2D eigenvalue weighted by Crippen LogP contribution is 2.29. The second-order valence-corrected chi connectivity index (χ2v) is 7.86. The Hall–Kier alpha value is -1.66. The number of nitrogens with one attached hydrogen (secondary N) is 1. The Morgan fingerprint density at radius 1 is 1.38 bits per heavy atom. The molecule has 26 heavy (non-hydrogen) atoms. The third kappa shape index (κ3) is 4.74. The summed E-state index contributed by atoms with van der Waals surface area (Å²) in [7, 11) is 1.85. The van der Waals surface area contributed by atoms with Crippen molar-refractivity contribution in [2.75, 3.05) is 32.0 Å². The Morgan fingerprint density at radius 2 is 2.12 bits per heavy atom. The number of likely N-dealkylation sites (N-methyl/N-ethyl adjacent to an activating group) is 1. The first-order chi connectivity index (χ1) is 12.4. The second-order valence-electron chi connectivity index (χ2n) is 7.42. The predicted molar refractivity (Wildman–Crippen MR) is 99.6 cm³/mol. The molecule has 1 atom stereocenters. The lowest BCUT2D eigenvalue weighted by Crippen LogP contribution is -2.37. The van der Waals surface area contributed by atoms with Crippen LogP contribution in [-0.4, -0.2) is 54.3 Å². The van der Waals surface area contributed by atoms with Gasteiger partial charge in [-0.05, 0) is 44.0 Å². The van der Waals surface area contributed by atoms with Gasteiger partial charge in [-0.2, -0.15) is 0 Å². The van der Waals surface area contributed by atoms with Crippen molar-refractivity contribution in [3.63, 3.8) is 0 Å². The SMILES string of the molecule is CN(CC(=O)Nc1ccc(Cl)cc1F)C[C@@H]1CC(=O)N(C2CCCC2)C1. The van der Waals surface area contributed by atoms with E-state index in [4.69, 9.17) is 11.6 Å². The summed E-state index contributed by atoms with van der Waals surface area (Å²) in [5, 5.41) is 2.85. The maximum atomic E-state index is 13.8. The summed E-state index contributed by atoms with van der Waals surface area (Å²) in [5.74, 6) is -0.357. The van der Waals surface area contributed by atoms with Gasteiger partial charge < -0.3 is 10.2 Å². The summed E-state index contributed by atoms with van der Waals surface area (Å²) in [6, 6.07) is 4.56. The number of carbonyl (C=O) groups is 2. The molecular weight excluding hydrogens is 357 g/mol. The molecule has 1 aromatic carbocycles. The van der Waals surface area contributed by atoms with Gasteiger partial charge in [-0.1, -0.05) is 24.4 Å². The molecule has 2 fully saturated rings.